The van der Waals surface area contributed by atoms with Gasteiger partial charge in [-0.3, -0.25) is 0 Å². The summed E-state index contributed by atoms with van der Waals surface area (Å²) in [7, 11) is -1.53. The molecule has 1 atom stereocenters. The first-order chi connectivity index (χ1) is 4.66. The second-order valence-electron chi connectivity index (χ2n) is 2.42. The van der Waals surface area contributed by atoms with E-state index in [0.29, 0.717) is 0 Å². The molecule has 10 heavy (non-hydrogen) atoms. The van der Waals surface area contributed by atoms with Crippen molar-refractivity contribution in [3.63, 3.8) is 0 Å². The summed E-state index contributed by atoms with van der Waals surface area (Å²) in [5.74, 6) is -0.567. The number of nitriles is 2. The average molecular weight is 136 g/mol. The van der Waals surface area contributed by atoms with Gasteiger partial charge in [0.05, 0.1) is 12.1 Å². The van der Waals surface area contributed by atoms with Crippen LogP contribution in [-0.2, 0) is 0 Å². The van der Waals surface area contributed by atoms with E-state index in [4.69, 9.17) is 20.6 Å². The van der Waals surface area contributed by atoms with E-state index in [1.54, 1.807) is 12.1 Å². The average Bonchev–Trinajstić information content (AvgIpc) is 2.63. The molecule has 1 aliphatic rings. The molecule has 1 fully saturated rings. The van der Waals surface area contributed by atoms with Crippen molar-refractivity contribution in [2.45, 2.75) is 12.2 Å². The van der Waals surface area contributed by atoms with Crippen molar-refractivity contribution >= 4 is 7.12 Å². The van der Waals surface area contributed by atoms with Crippen molar-refractivity contribution in [3.05, 3.63) is 0 Å². The Balaban J connectivity index is 2.67. The van der Waals surface area contributed by atoms with Gasteiger partial charge in [0.2, 0.25) is 0 Å². The van der Waals surface area contributed by atoms with Crippen LogP contribution in [0.4, 0.5) is 0 Å². The van der Waals surface area contributed by atoms with Crippen molar-refractivity contribution in [2.75, 3.05) is 0 Å². The number of rotatable bonds is 1. The standard InChI is InChI=1S/C5H5BN2O2/c7-2-5(3-8)1-4(5)6(9)10/h4,9-10H,1H2. The summed E-state index contributed by atoms with van der Waals surface area (Å²) >= 11 is 0. The van der Waals surface area contributed by atoms with Gasteiger partial charge in [-0.05, 0) is 6.42 Å². The molecule has 0 radical (unpaired) electrons. The van der Waals surface area contributed by atoms with Gasteiger partial charge in [0, 0.05) is 5.82 Å². The maximum absolute atomic E-state index is 8.54. The molecule has 0 aromatic carbocycles. The minimum absolute atomic E-state index is 0.275. The van der Waals surface area contributed by atoms with Crippen LogP contribution in [0.5, 0.6) is 0 Å². The van der Waals surface area contributed by atoms with Gasteiger partial charge >= 0.3 is 7.12 Å². The van der Waals surface area contributed by atoms with Crippen LogP contribution in [0.2, 0.25) is 5.82 Å². The lowest BCUT2D eigenvalue weighted by Gasteiger charge is -1.93. The first kappa shape index (κ1) is 7.08. The van der Waals surface area contributed by atoms with E-state index in [-0.39, 0.29) is 6.42 Å². The van der Waals surface area contributed by atoms with Crippen LogP contribution in [0.1, 0.15) is 6.42 Å². The van der Waals surface area contributed by atoms with E-state index in [1.807, 2.05) is 0 Å². The Morgan fingerprint density at radius 2 is 1.90 bits per heavy atom. The highest BCUT2D eigenvalue weighted by molar-refractivity contribution is 6.45. The lowest BCUT2D eigenvalue weighted by Crippen LogP contribution is -2.14. The zero-order valence-electron chi connectivity index (χ0n) is 5.15. The summed E-state index contributed by atoms with van der Waals surface area (Å²) in [4.78, 5) is 0. The summed E-state index contributed by atoms with van der Waals surface area (Å²) in [5, 5.41) is 33.8. The van der Waals surface area contributed by atoms with Crippen LogP contribution in [0, 0.1) is 28.1 Å². The van der Waals surface area contributed by atoms with Crippen LogP contribution < -0.4 is 0 Å². The van der Waals surface area contributed by atoms with Crippen LogP contribution in [0.25, 0.3) is 0 Å². The van der Waals surface area contributed by atoms with Gasteiger partial charge in [-0.2, -0.15) is 10.5 Å². The highest BCUT2D eigenvalue weighted by atomic mass is 16.4. The first-order valence-electron chi connectivity index (χ1n) is 2.85. The molecule has 0 spiro atoms. The molecule has 1 saturated carbocycles. The summed E-state index contributed by atoms with van der Waals surface area (Å²) < 4.78 is 0. The summed E-state index contributed by atoms with van der Waals surface area (Å²) in [6, 6.07) is 3.50. The van der Waals surface area contributed by atoms with Crippen LogP contribution in [0.3, 0.4) is 0 Å². The van der Waals surface area contributed by atoms with E-state index < -0.39 is 18.4 Å². The molecule has 1 unspecified atom stereocenters. The summed E-state index contributed by atoms with van der Waals surface area (Å²) in [5.41, 5.74) is -1.12. The van der Waals surface area contributed by atoms with E-state index >= 15 is 0 Å². The van der Waals surface area contributed by atoms with E-state index in [0.717, 1.165) is 0 Å². The summed E-state index contributed by atoms with van der Waals surface area (Å²) in [6.45, 7) is 0. The van der Waals surface area contributed by atoms with E-state index in [9.17, 15) is 0 Å². The monoisotopic (exact) mass is 136 g/mol. The molecule has 4 nitrogen and oxygen atoms in total. The molecule has 0 bridgehead atoms. The molecule has 0 aromatic rings. The predicted octanol–water partition coefficient (Wildman–Crippen LogP) is -0.733. The van der Waals surface area contributed by atoms with Gasteiger partial charge < -0.3 is 10.0 Å². The number of hydrogen-bond donors (Lipinski definition) is 2. The zero-order chi connectivity index (χ0) is 7.78. The van der Waals surface area contributed by atoms with Gasteiger partial charge in [-0.25, -0.2) is 0 Å². The Hall–Kier alpha value is -1.04. The van der Waals surface area contributed by atoms with E-state index in [2.05, 4.69) is 0 Å². The smallest absolute Gasteiger partial charge is 0.427 e. The van der Waals surface area contributed by atoms with Gasteiger partial charge in [-0.15, -0.1) is 0 Å². The lowest BCUT2D eigenvalue weighted by atomic mass is 9.79. The third kappa shape index (κ3) is 0.768. The zero-order valence-corrected chi connectivity index (χ0v) is 5.15. The van der Waals surface area contributed by atoms with Crippen LogP contribution in [0.15, 0.2) is 0 Å². The molecule has 2 N–H and O–H groups in total. The summed E-state index contributed by atoms with van der Waals surface area (Å²) in [6.07, 6.45) is 0.275. The highest BCUT2D eigenvalue weighted by Gasteiger charge is 2.61. The maximum Gasteiger partial charge on any atom is 0.457 e. The third-order valence-corrected chi connectivity index (χ3v) is 1.77. The third-order valence-electron chi connectivity index (χ3n) is 1.77. The van der Waals surface area contributed by atoms with Gasteiger partial charge in [0.15, 0.2) is 0 Å². The molecular formula is C5H5BN2O2. The Morgan fingerprint density at radius 3 is 2.00 bits per heavy atom. The Bertz CT molecular complexity index is 213. The molecule has 50 valence electrons. The largest absolute Gasteiger partial charge is 0.457 e. The van der Waals surface area contributed by atoms with Crippen molar-refractivity contribution in [3.8, 4) is 12.1 Å². The molecule has 1 aliphatic carbocycles. The van der Waals surface area contributed by atoms with E-state index in [1.165, 1.54) is 0 Å². The number of hydrogen-bond acceptors (Lipinski definition) is 4. The van der Waals surface area contributed by atoms with Gasteiger partial charge in [0.1, 0.15) is 5.41 Å². The van der Waals surface area contributed by atoms with Crippen molar-refractivity contribution in [1.82, 2.24) is 0 Å². The SMILES string of the molecule is N#CC1(C#N)CC1B(O)O. The molecule has 5 heteroatoms. The fraction of sp³-hybridized carbons (Fsp3) is 0.600. The predicted molar refractivity (Wildman–Crippen MR) is 32.2 cm³/mol. The molecule has 0 saturated heterocycles. The highest BCUT2D eigenvalue weighted by Crippen LogP contribution is 2.57. The Kier molecular flexibility index (Phi) is 1.40. The second kappa shape index (κ2) is 1.98. The fourth-order valence-corrected chi connectivity index (χ4v) is 0.930. The number of nitrogens with zero attached hydrogens (tertiary/aromatic N) is 2. The van der Waals surface area contributed by atoms with Crippen molar-refractivity contribution < 1.29 is 10.0 Å². The Labute approximate surface area is 58.5 Å². The molecule has 0 heterocycles. The molecule has 0 aliphatic heterocycles. The lowest BCUT2D eigenvalue weighted by molar-refractivity contribution is 0.399. The normalized spacial score (nSPS) is 26.2. The maximum atomic E-state index is 8.54. The molecule has 0 amide bonds. The van der Waals surface area contributed by atoms with Crippen LogP contribution in [-0.4, -0.2) is 17.2 Å². The molecule has 1 rings (SSSR count). The van der Waals surface area contributed by atoms with Crippen LogP contribution >= 0.6 is 0 Å². The topological polar surface area (TPSA) is 88.0 Å². The minimum Gasteiger partial charge on any atom is -0.427 e. The Morgan fingerprint density at radius 1 is 1.40 bits per heavy atom. The second-order valence-corrected chi connectivity index (χ2v) is 2.42. The minimum atomic E-state index is -1.53. The van der Waals surface area contributed by atoms with Crippen molar-refractivity contribution in [2.24, 2.45) is 5.41 Å². The van der Waals surface area contributed by atoms with Crippen molar-refractivity contribution in [1.29, 1.82) is 10.5 Å². The molecule has 0 aromatic heterocycles. The quantitative estimate of drug-likeness (QED) is 0.465. The first-order valence-corrected chi connectivity index (χ1v) is 2.85. The van der Waals surface area contributed by atoms with Gasteiger partial charge in [-0.1, -0.05) is 0 Å². The molecular weight excluding hydrogens is 131 g/mol. The van der Waals surface area contributed by atoms with Gasteiger partial charge in [0.25, 0.3) is 0 Å². The fourth-order valence-electron chi connectivity index (χ4n) is 0.930.